The minimum atomic E-state index is -1.44. The fraction of sp³-hybridized carbons (Fsp3) is 0.0909. The first-order valence-corrected chi connectivity index (χ1v) is 5.38. The van der Waals surface area contributed by atoms with E-state index in [0.717, 1.165) is 5.56 Å². The van der Waals surface area contributed by atoms with Crippen molar-refractivity contribution in [2.24, 2.45) is 0 Å². The first-order chi connectivity index (χ1) is 8.02. The van der Waals surface area contributed by atoms with Gasteiger partial charge in [-0.25, -0.2) is 4.79 Å². The maximum atomic E-state index is 11.4. The SMILES string of the molecule is O=C(O)/C(Cl)=C(\Cl)C(=O)NCc1ccccc1. The predicted octanol–water partition coefficient (Wildman–Crippen LogP) is 2.08. The fourth-order valence-corrected chi connectivity index (χ4v) is 1.28. The number of hydrogen-bond acceptors (Lipinski definition) is 2. The van der Waals surface area contributed by atoms with E-state index in [-0.39, 0.29) is 6.54 Å². The molecular formula is C11H9Cl2NO3. The topological polar surface area (TPSA) is 66.4 Å². The number of carbonyl (C=O) groups is 2. The second-order valence-corrected chi connectivity index (χ2v) is 3.86. The summed E-state index contributed by atoms with van der Waals surface area (Å²) in [6.45, 7) is 0.250. The molecule has 0 heterocycles. The Bertz CT molecular complexity index is 457. The molecule has 0 fully saturated rings. The quantitative estimate of drug-likeness (QED) is 0.826. The van der Waals surface area contributed by atoms with Crippen LogP contribution in [0.5, 0.6) is 0 Å². The summed E-state index contributed by atoms with van der Waals surface area (Å²) in [6, 6.07) is 9.12. The van der Waals surface area contributed by atoms with E-state index in [0.29, 0.717) is 0 Å². The van der Waals surface area contributed by atoms with Crippen LogP contribution in [0, 0.1) is 0 Å². The van der Waals surface area contributed by atoms with Gasteiger partial charge in [-0.1, -0.05) is 53.5 Å². The van der Waals surface area contributed by atoms with Gasteiger partial charge in [-0.15, -0.1) is 0 Å². The second-order valence-electron chi connectivity index (χ2n) is 3.10. The van der Waals surface area contributed by atoms with E-state index >= 15 is 0 Å². The summed E-state index contributed by atoms with van der Waals surface area (Å²) in [4.78, 5) is 21.9. The van der Waals surface area contributed by atoms with Crippen molar-refractivity contribution in [3.63, 3.8) is 0 Å². The lowest BCUT2D eigenvalue weighted by Gasteiger charge is -2.04. The van der Waals surface area contributed by atoms with Gasteiger partial charge in [-0.05, 0) is 5.56 Å². The smallest absolute Gasteiger partial charge is 0.349 e. The first kappa shape index (κ1) is 13.5. The van der Waals surface area contributed by atoms with Crippen LogP contribution >= 0.6 is 23.2 Å². The largest absolute Gasteiger partial charge is 0.477 e. The van der Waals surface area contributed by atoms with E-state index in [4.69, 9.17) is 28.3 Å². The number of halogens is 2. The standard InChI is InChI=1S/C11H9Cl2NO3/c12-8(9(13)11(16)17)10(15)14-6-7-4-2-1-3-5-7/h1-5H,6H2,(H,14,15)(H,16,17)/b9-8+. The molecule has 2 N–H and O–H groups in total. The Morgan fingerprint density at radius 1 is 1.12 bits per heavy atom. The Morgan fingerprint density at radius 3 is 2.24 bits per heavy atom. The Morgan fingerprint density at radius 2 is 1.71 bits per heavy atom. The highest BCUT2D eigenvalue weighted by Crippen LogP contribution is 2.14. The molecule has 0 aliphatic heterocycles. The lowest BCUT2D eigenvalue weighted by molar-refractivity contribution is -0.132. The first-order valence-electron chi connectivity index (χ1n) is 4.63. The second kappa shape index (κ2) is 6.27. The van der Waals surface area contributed by atoms with Crippen molar-refractivity contribution in [1.29, 1.82) is 0 Å². The Hall–Kier alpha value is -1.52. The summed E-state index contributed by atoms with van der Waals surface area (Å²) >= 11 is 10.8. The third-order valence-corrected chi connectivity index (χ3v) is 2.68. The van der Waals surface area contributed by atoms with Crippen LogP contribution in [0.2, 0.25) is 0 Å². The number of benzene rings is 1. The van der Waals surface area contributed by atoms with E-state index in [1.54, 1.807) is 0 Å². The van der Waals surface area contributed by atoms with Crippen molar-refractivity contribution >= 4 is 35.1 Å². The van der Waals surface area contributed by atoms with E-state index in [2.05, 4.69) is 5.32 Å². The number of rotatable bonds is 4. The van der Waals surface area contributed by atoms with Gasteiger partial charge in [0.25, 0.3) is 5.91 Å². The molecule has 0 saturated heterocycles. The van der Waals surface area contributed by atoms with Crippen LogP contribution in [-0.4, -0.2) is 17.0 Å². The molecule has 0 spiro atoms. The normalized spacial score (nSPS) is 11.6. The summed E-state index contributed by atoms with van der Waals surface area (Å²) < 4.78 is 0. The maximum absolute atomic E-state index is 11.4. The molecule has 0 aliphatic rings. The Kier molecular flexibility index (Phi) is 5.00. The van der Waals surface area contributed by atoms with Crippen LogP contribution in [0.3, 0.4) is 0 Å². The van der Waals surface area contributed by atoms with Gasteiger partial charge in [0.1, 0.15) is 10.1 Å². The molecule has 0 radical (unpaired) electrons. The van der Waals surface area contributed by atoms with Crippen LogP contribution in [0.1, 0.15) is 5.56 Å². The molecule has 1 aromatic rings. The minimum absolute atomic E-state index is 0.250. The summed E-state index contributed by atoms with van der Waals surface area (Å²) in [7, 11) is 0. The molecule has 0 aliphatic carbocycles. The lowest BCUT2D eigenvalue weighted by atomic mass is 10.2. The van der Waals surface area contributed by atoms with E-state index in [1.165, 1.54) is 0 Å². The van der Waals surface area contributed by atoms with E-state index in [1.807, 2.05) is 30.3 Å². The highest BCUT2D eigenvalue weighted by Gasteiger charge is 2.16. The molecule has 0 unspecified atom stereocenters. The van der Waals surface area contributed by atoms with Crippen LogP contribution < -0.4 is 5.32 Å². The van der Waals surface area contributed by atoms with Crippen LogP contribution in [-0.2, 0) is 16.1 Å². The summed E-state index contributed by atoms with van der Waals surface area (Å²) in [5, 5.41) is 9.76. The molecule has 0 atom stereocenters. The minimum Gasteiger partial charge on any atom is -0.477 e. The van der Waals surface area contributed by atoms with E-state index < -0.39 is 21.9 Å². The van der Waals surface area contributed by atoms with Gasteiger partial charge in [0.2, 0.25) is 0 Å². The number of amides is 1. The zero-order chi connectivity index (χ0) is 12.8. The molecule has 1 rings (SSSR count). The third kappa shape index (κ3) is 4.09. The monoisotopic (exact) mass is 273 g/mol. The highest BCUT2D eigenvalue weighted by atomic mass is 35.5. The summed E-state index contributed by atoms with van der Waals surface area (Å²) in [5.74, 6) is -2.16. The number of carbonyl (C=O) groups excluding carboxylic acids is 1. The molecule has 0 bridgehead atoms. The van der Waals surface area contributed by atoms with Crippen molar-refractivity contribution in [3.8, 4) is 0 Å². The van der Waals surface area contributed by atoms with Crippen LogP contribution in [0.25, 0.3) is 0 Å². The van der Waals surface area contributed by atoms with Gasteiger partial charge >= 0.3 is 5.97 Å². The zero-order valence-corrected chi connectivity index (χ0v) is 10.1. The lowest BCUT2D eigenvalue weighted by Crippen LogP contribution is -2.24. The van der Waals surface area contributed by atoms with Crippen molar-refractivity contribution in [3.05, 3.63) is 46.0 Å². The average Bonchev–Trinajstić information content (AvgIpc) is 2.35. The molecule has 0 saturated carbocycles. The molecular weight excluding hydrogens is 265 g/mol. The molecule has 90 valence electrons. The van der Waals surface area contributed by atoms with Gasteiger partial charge in [0, 0.05) is 6.54 Å². The van der Waals surface area contributed by atoms with Crippen molar-refractivity contribution in [2.45, 2.75) is 6.54 Å². The molecule has 1 amide bonds. The van der Waals surface area contributed by atoms with Gasteiger partial charge < -0.3 is 10.4 Å². The number of carboxylic acids is 1. The number of nitrogens with one attached hydrogen (secondary N) is 1. The number of carboxylic acid groups (broad SMARTS) is 1. The van der Waals surface area contributed by atoms with Gasteiger partial charge in [-0.2, -0.15) is 0 Å². The molecule has 1 aromatic carbocycles. The average molecular weight is 274 g/mol. The Balaban J connectivity index is 2.62. The predicted molar refractivity (Wildman–Crippen MR) is 64.7 cm³/mol. The third-order valence-electron chi connectivity index (χ3n) is 1.88. The fourth-order valence-electron chi connectivity index (χ4n) is 1.05. The van der Waals surface area contributed by atoms with Crippen molar-refractivity contribution in [2.75, 3.05) is 0 Å². The van der Waals surface area contributed by atoms with Crippen LogP contribution in [0.15, 0.2) is 40.4 Å². The maximum Gasteiger partial charge on any atom is 0.349 e. The molecule has 6 heteroatoms. The summed E-state index contributed by atoms with van der Waals surface area (Å²) in [5.41, 5.74) is 0.872. The number of aliphatic carboxylic acids is 1. The molecule has 17 heavy (non-hydrogen) atoms. The highest BCUT2D eigenvalue weighted by molar-refractivity contribution is 6.53. The summed E-state index contributed by atoms with van der Waals surface area (Å²) in [6.07, 6.45) is 0. The van der Waals surface area contributed by atoms with Crippen LogP contribution in [0.4, 0.5) is 0 Å². The van der Waals surface area contributed by atoms with Gasteiger partial charge in [-0.3, -0.25) is 4.79 Å². The van der Waals surface area contributed by atoms with E-state index in [9.17, 15) is 9.59 Å². The van der Waals surface area contributed by atoms with Crippen molar-refractivity contribution in [1.82, 2.24) is 5.32 Å². The van der Waals surface area contributed by atoms with Crippen molar-refractivity contribution < 1.29 is 14.7 Å². The number of hydrogen-bond donors (Lipinski definition) is 2. The van der Waals surface area contributed by atoms with Gasteiger partial charge in [0.15, 0.2) is 0 Å². The molecule has 0 aromatic heterocycles. The Labute approximate surface area is 108 Å². The molecule has 4 nitrogen and oxygen atoms in total. The van der Waals surface area contributed by atoms with Gasteiger partial charge in [0.05, 0.1) is 0 Å². The zero-order valence-electron chi connectivity index (χ0n) is 8.61.